The summed E-state index contributed by atoms with van der Waals surface area (Å²) >= 11 is 12.1. The third kappa shape index (κ3) is 5.68. The lowest BCUT2D eigenvalue weighted by atomic mass is 10.1. The number of hydrogen-bond donors (Lipinski definition) is 1. The normalized spacial score (nSPS) is 10.6. The van der Waals surface area contributed by atoms with Crippen LogP contribution in [-0.2, 0) is 6.61 Å². The molecule has 0 radical (unpaired) electrons. The van der Waals surface area contributed by atoms with Crippen LogP contribution in [0.5, 0.6) is 11.5 Å². The monoisotopic (exact) mass is 443 g/mol. The number of amides is 1. The summed E-state index contributed by atoms with van der Waals surface area (Å²) in [5.74, 6) is 1.18. The quantitative estimate of drug-likeness (QED) is 0.434. The van der Waals surface area contributed by atoms with Crippen molar-refractivity contribution in [3.05, 3.63) is 86.9 Å². The van der Waals surface area contributed by atoms with E-state index < -0.39 is 0 Å². The zero-order valence-electron chi connectivity index (χ0n) is 17.1. The molecule has 0 atom stereocenters. The fourth-order valence-electron chi connectivity index (χ4n) is 3.09. The summed E-state index contributed by atoms with van der Waals surface area (Å²) < 4.78 is 11.7. The molecule has 4 nitrogen and oxygen atoms in total. The van der Waals surface area contributed by atoms with E-state index in [1.807, 2.05) is 32.9 Å². The molecule has 3 rings (SSSR count). The topological polar surface area (TPSA) is 47.6 Å². The third-order valence-corrected chi connectivity index (χ3v) is 4.94. The highest BCUT2D eigenvalue weighted by Crippen LogP contribution is 2.27. The average molecular weight is 444 g/mol. The van der Waals surface area contributed by atoms with Gasteiger partial charge in [0, 0.05) is 16.1 Å². The van der Waals surface area contributed by atoms with Crippen molar-refractivity contribution in [3.63, 3.8) is 0 Å². The molecule has 0 aliphatic heterocycles. The molecular formula is C24H23Cl2NO3. The lowest BCUT2D eigenvalue weighted by Crippen LogP contribution is -2.13. The van der Waals surface area contributed by atoms with Crippen molar-refractivity contribution in [2.45, 2.75) is 27.4 Å². The highest BCUT2D eigenvalue weighted by Gasteiger charge is 2.13. The molecular weight excluding hydrogens is 421 g/mol. The van der Waals surface area contributed by atoms with Gasteiger partial charge in [-0.15, -0.1) is 0 Å². The van der Waals surface area contributed by atoms with Crippen LogP contribution < -0.4 is 14.8 Å². The van der Waals surface area contributed by atoms with Crippen LogP contribution in [0.25, 0.3) is 0 Å². The van der Waals surface area contributed by atoms with Crippen molar-refractivity contribution < 1.29 is 14.3 Å². The molecule has 0 fully saturated rings. The van der Waals surface area contributed by atoms with Gasteiger partial charge in [0.1, 0.15) is 18.1 Å². The van der Waals surface area contributed by atoms with Gasteiger partial charge in [-0.2, -0.15) is 0 Å². The molecule has 0 saturated heterocycles. The Morgan fingerprint density at radius 2 is 1.67 bits per heavy atom. The largest absolute Gasteiger partial charge is 0.493 e. The number of halogens is 2. The summed E-state index contributed by atoms with van der Waals surface area (Å²) in [6.07, 6.45) is 0. The van der Waals surface area contributed by atoms with E-state index in [9.17, 15) is 4.79 Å². The van der Waals surface area contributed by atoms with Gasteiger partial charge in [-0.3, -0.25) is 4.79 Å². The molecule has 0 aliphatic carbocycles. The average Bonchev–Trinajstić information content (AvgIpc) is 2.68. The second kappa shape index (κ2) is 9.88. The van der Waals surface area contributed by atoms with Crippen LogP contribution >= 0.6 is 23.2 Å². The van der Waals surface area contributed by atoms with E-state index in [4.69, 9.17) is 32.7 Å². The van der Waals surface area contributed by atoms with Crippen molar-refractivity contribution in [2.24, 2.45) is 0 Å². The molecule has 0 bridgehead atoms. The number of hydrogen-bond acceptors (Lipinski definition) is 3. The number of aryl methyl sites for hydroxylation is 2. The van der Waals surface area contributed by atoms with Crippen molar-refractivity contribution >= 4 is 34.8 Å². The summed E-state index contributed by atoms with van der Waals surface area (Å²) in [6, 6.07) is 16.2. The Morgan fingerprint density at radius 3 is 2.33 bits per heavy atom. The smallest absolute Gasteiger partial charge is 0.255 e. The molecule has 6 heteroatoms. The Kier molecular flexibility index (Phi) is 7.24. The van der Waals surface area contributed by atoms with Crippen molar-refractivity contribution in [1.82, 2.24) is 0 Å². The van der Waals surface area contributed by atoms with E-state index in [0.29, 0.717) is 33.7 Å². The van der Waals surface area contributed by atoms with Gasteiger partial charge in [0.15, 0.2) is 0 Å². The number of carbonyl (C=O) groups is 1. The fraction of sp³-hybridized carbons (Fsp3) is 0.208. The van der Waals surface area contributed by atoms with Gasteiger partial charge in [-0.1, -0.05) is 29.3 Å². The van der Waals surface area contributed by atoms with E-state index in [0.717, 1.165) is 22.4 Å². The van der Waals surface area contributed by atoms with Crippen LogP contribution in [0.1, 0.15) is 34.0 Å². The molecule has 0 heterocycles. The minimum absolute atomic E-state index is 0.279. The molecule has 3 aromatic rings. The lowest BCUT2D eigenvalue weighted by Gasteiger charge is -2.14. The molecule has 1 N–H and O–H groups in total. The second-order valence-electron chi connectivity index (χ2n) is 6.95. The number of anilines is 1. The van der Waals surface area contributed by atoms with Gasteiger partial charge in [-0.05, 0) is 80.4 Å². The van der Waals surface area contributed by atoms with Gasteiger partial charge >= 0.3 is 0 Å². The van der Waals surface area contributed by atoms with Gasteiger partial charge in [0.2, 0.25) is 0 Å². The molecule has 0 aromatic heterocycles. The van der Waals surface area contributed by atoms with Crippen LogP contribution in [0.2, 0.25) is 10.0 Å². The van der Waals surface area contributed by atoms with Crippen LogP contribution in [0.4, 0.5) is 5.69 Å². The van der Waals surface area contributed by atoms with Crippen LogP contribution in [-0.4, -0.2) is 12.5 Å². The number of benzene rings is 3. The maximum atomic E-state index is 12.8. The molecule has 0 unspecified atom stereocenters. The Labute approximate surface area is 186 Å². The summed E-state index contributed by atoms with van der Waals surface area (Å²) in [7, 11) is 0. The van der Waals surface area contributed by atoms with Crippen LogP contribution in [0.3, 0.4) is 0 Å². The predicted molar refractivity (Wildman–Crippen MR) is 122 cm³/mol. The Morgan fingerprint density at radius 1 is 0.933 bits per heavy atom. The predicted octanol–water partition coefficient (Wildman–Crippen LogP) is 6.84. The summed E-state index contributed by atoms with van der Waals surface area (Å²) in [6.45, 7) is 6.76. The van der Waals surface area contributed by atoms with Crippen molar-refractivity contribution in [1.29, 1.82) is 0 Å². The number of carbonyl (C=O) groups excluding carboxylic acids is 1. The van der Waals surface area contributed by atoms with Crippen molar-refractivity contribution in [2.75, 3.05) is 11.9 Å². The number of ether oxygens (including phenoxy) is 2. The highest BCUT2D eigenvalue weighted by molar-refractivity contribution is 6.36. The van der Waals surface area contributed by atoms with Gasteiger partial charge in [0.25, 0.3) is 5.91 Å². The molecule has 3 aromatic carbocycles. The zero-order valence-corrected chi connectivity index (χ0v) is 18.6. The summed E-state index contributed by atoms with van der Waals surface area (Å²) in [4.78, 5) is 12.8. The lowest BCUT2D eigenvalue weighted by molar-refractivity contribution is 0.102. The fourth-order valence-corrected chi connectivity index (χ4v) is 3.55. The second-order valence-corrected chi connectivity index (χ2v) is 7.79. The van der Waals surface area contributed by atoms with Crippen molar-refractivity contribution in [3.8, 4) is 11.5 Å². The molecule has 30 heavy (non-hydrogen) atoms. The van der Waals surface area contributed by atoms with E-state index in [1.165, 1.54) is 0 Å². The van der Waals surface area contributed by atoms with E-state index >= 15 is 0 Å². The van der Waals surface area contributed by atoms with Gasteiger partial charge in [-0.25, -0.2) is 0 Å². The minimum atomic E-state index is -0.282. The Bertz CT molecular complexity index is 1050. The Hall–Kier alpha value is -2.69. The van der Waals surface area contributed by atoms with Gasteiger partial charge in [0.05, 0.1) is 17.3 Å². The zero-order chi connectivity index (χ0) is 21.7. The standard InChI is InChI=1S/C24H23Cl2NO3/c1-4-29-23-8-5-17(24(28)27-22-7-6-19(25)13-21(22)26)12-18(23)14-30-20-10-15(2)9-16(3)11-20/h5-13H,4,14H2,1-3H3,(H,27,28). The van der Waals surface area contributed by atoms with Gasteiger partial charge < -0.3 is 14.8 Å². The SMILES string of the molecule is CCOc1ccc(C(=O)Nc2ccc(Cl)cc2Cl)cc1COc1cc(C)cc(C)c1. The first-order chi connectivity index (χ1) is 14.4. The maximum absolute atomic E-state index is 12.8. The first kappa shape index (κ1) is 22.0. The molecule has 1 amide bonds. The molecule has 156 valence electrons. The molecule has 0 spiro atoms. The third-order valence-electron chi connectivity index (χ3n) is 4.39. The maximum Gasteiger partial charge on any atom is 0.255 e. The van der Waals surface area contributed by atoms with Crippen LogP contribution in [0, 0.1) is 13.8 Å². The first-order valence-corrected chi connectivity index (χ1v) is 10.3. The summed E-state index contributed by atoms with van der Waals surface area (Å²) in [5, 5.41) is 3.69. The van der Waals surface area contributed by atoms with E-state index in [-0.39, 0.29) is 12.5 Å². The van der Waals surface area contributed by atoms with E-state index in [2.05, 4.69) is 11.4 Å². The number of rotatable bonds is 7. The summed E-state index contributed by atoms with van der Waals surface area (Å²) in [5.41, 5.74) is 4.01. The number of nitrogens with one attached hydrogen (secondary N) is 1. The molecule has 0 aliphatic rings. The first-order valence-electron chi connectivity index (χ1n) is 9.59. The van der Waals surface area contributed by atoms with Crippen LogP contribution in [0.15, 0.2) is 54.6 Å². The Balaban J connectivity index is 1.81. The molecule has 0 saturated carbocycles. The van der Waals surface area contributed by atoms with E-state index in [1.54, 1.807) is 36.4 Å². The minimum Gasteiger partial charge on any atom is -0.493 e. The highest BCUT2D eigenvalue weighted by atomic mass is 35.5.